The minimum absolute atomic E-state index is 0.0684. The number of amides is 3. The lowest BCUT2D eigenvalue weighted by Crippen LogP contribution is -2.53. The molecule has 1 fully saturated rings. The Bertz CT molecular complexity index is 745. The molecule has 1 heterocycles. The van der Waals surface area contributed by atoms with Gasteiger partial charge in [-0.05, 0) is 75.2 Å². The third-order valence-electron chi connectivity index (χ3n) is 5.90. The molecule has 0 aliphatic carbocycles. The average Bonchev–Trinajstić information content (AvgIpc) is 2.78. The van der Waals surface area contributed by atoms with Gasteiger partial charge >= 0.3 is 0 Å². The molecule has 8 heteroatoms. The zero-order valence-electron chi connectivity index (χ0n) is 19.4. The summed E-state index contributed by atoms with van der Waals surface area (Å²) in [5.74, 6) is -0.290. The number of carbonyl (C=O) groups is 3. The van der Waals surface area contributed by atoms with Gasteiger partial charge < -0.3 is 26.4 Å². The first-order valence-corrected chi connectivity index (χ1v) is 11.6. The van der Waals surface area contributed by atoms with Crippen molar-refractivity contribution in [1.82, 2.24) is 16.0 Å². The van der Waals surface area contributed by atoms with Gasteiger partial charge in [0.05, 0.1) is 6.61 Å². The normalized spacial score (nSPS) is 16.3. The predicted octanol–water partition coefficient (Wildman–Crippen LogP) is 1.93. The second kappa shape index (κ2) is 13.2. The van der Waals surface area contributed by atoms with E-state index < -0.39 is 12.1 Å². The van der Waals surface area contributed by atoms with Crippen LogP contribution in [0.15, 0.2) is 24.3 Å². The Morgan fingerprint density at radius 3 is 2.28 bits per heavy atom. The van der Waals surface area contributed by atoms with Gasteiger partial charge in [0.1, 0.15) is 12.1 Å². The van der Waals surface area contributed by atoms with Crippen LogP contribution in [0.5, 0.6) is 0 Å². The lowest BCUT2D eigenvalue weighted by Gasteiger charge is -2.24. The van der Waals surface area contributed by atoms with Crippen LogP contribution in [0.25, 0.3) is 0 Å². The zero-order valence-corrected chi connectivity index (χ0v) is 19.4. The quantitative estimate of drug-likeness (QED) is 0.356. The van der Waals surface area contributed by atoms with Crippen LogP contribution in [-0.2, 0) is 21.0 Å². The Labute approximate surface area is 190 Å². The highest BCUT2D eigenvalue weighted by molar-refractivity contribution is 5.98. The van der Waals surface area contributed by atoms with Crippen LogP contribution in [0.2, 0.25) is 0 Å². The summed E-state index contributed by atoms with van der Waals surface area (Å²) in [7, 11) is 0. The van der Waals surface area contributed by atoms with E-state index >= 15 is 0 Å². The third-order valence-corrected chi connectivity index (χ3v) is 5.90. The molecule has 0 unspecified atom stereocenters. The molecular weight excluding hydrogens is 408 g/mol. The fraction of sp³-hybridized carbons (Fsp3) is 0.625. The molecule has 1 saturated heterocycles. The third kappa shape index (κ3) is 8.59. The van der Waals surface area contributed by atoms with Crippen molar-refractivity contribution in [3.8, 4) is 0 Å². The molecule has 1 aliphatic heterocycles. The first kappa shape index (κ1) is 25.8. The van der Waals surface area contributed by atoms with E-state index in [0.717, 1.165) is 44.3 Å². The van der Waals surface area contributed by atoms with Gasteiger partial charge in [-0.3, -0.25) is 14.4 Å². The largest absolute Gasteiger partial charge is 0.392 e. The Hall–Kier alpha value is -2.45. The molecule has 1 aromatic rings. The van der Waals surface area contributed by atoms with Crippen LogP contribution in [-0.4, -0.2) is 48.0 Å². The number of benzene rings is 1. The van der Waals surface area contributed by atoms with Crippen LogP contribution in [0, 0.1) is 11.8 Å². The maximum absolute atomic E-state index is 12.8. The molecular formula is C24H38N4O4. The fourth-order valence-corrected chi connectivity index (χ4v) is 3.81. The summed E-state index contributed by atoms with van der Waals surface area (Å²) in [5.41, 5.74) is 1.33. The molecule has 0 aromatic heterocycles. The van der Waals surface area contributed by atoms with Gasteiger partial charge in [0.2, 0.25) is 17.7 Å². The molecule has 1 aromatic carbocycles. The van der Waals surface area contributed by atoms with Gasteiger partial charge in [-0.25, -0.2) is 0 Å². The topological polar surface area (TPSA) is 120 Å². The zero-order chi connectivity index (χ0) is 23.5. The maximum Gasteiger partial charge on any atom is 0.246 e. The predicted molar refractivity (Wildman–Crippen MR) is 125 cm³/mol. The Morgan fingerprint density at radius 1 is 1.03 bits per heavy atom. The average molecular weight is 447 g/mol. The number of aliphatic hydroxyl groups is 1. The Kier molecular flexibility index (Phi) is 10.6. The van der Waals surface area contributed by atoms with Gasteiger partial charge in [0.25, 0.3) is 0 Å². The maximum atomic E-state index is 12.8. The number of nitrogens with one attached hydrogen (secondary N) is 4. The molecule has 1 aliphatic rings. The molecule has 32 heavy (non-hydrogen) atoms. The van der Waals surface area contributed by atoms with E-state index in [-0.39, 0.29) is 30.2 Å². The number of aliphatic hydroxyl groups excluding tert-OH is 1. The second-order valence-corrected chi connectivity index (χ2v) is 8.95. The van der Waals surface area contributed by atoms with E-state index in [9.17, 15) is 14.4 Å². The first-order chi connectivity index (χ1) is 15.3. The number of carbonyl (C=O) groups excluding carboxylic acids is 3. The molecule has 5 N–H and O–H groups in total. The minimum atomic E-state index is -0.766. The number of rotatable bonds is 11. The van der Waals surface area contributed by atoms with Gasteiger partial charge in [0.15, 0.2) is 0 Å². The highest BCUT2D eigenvalue weighted by Gasteiger charge is 2.27. The highest BCUT2D eigenvalue weighted by Crippen LogP contribution is 2.18. The van der Waals surface area contributed by atoms with Crippen molar-refractivity contribution < 1.29 is 19.5 Å². The highest BCUT2D eigenvalue weighted by atomic mass is 16.3. The smallest absolute Gasteiger partial charge is 0.246 e. The first-order valence-electron chi connectivity index (χ1n) is 11.6. The molecule has 2 atom stereocenters. The Balaban J connectivity index is 1.79. The van der Waals surface area contributed by atoms with E-state index in [4.69, 9.17) is 5.11 Å². The second-order valence-electron chi connectivity index (χ2n) is 8.95. The van der Waals surface area contributed by atoms with E-state index in [1.54, 1.807) is 31.2 Å². The molecule has 8 nitrogen and oxygen atoms in total. The van der Waals surface area contributed by atoms with Crippen LogP contribution in [0.1, 0.15) is 58.4 Å². The van der Waals surface area contributed by atoms with Gasteiger partial charge in [-0.15, -0.1) is 0 Å². The lowest BCUT2D eigenvalue weighted by atomic mass is 9.92. The summed E-state index contributed by atoms with van der Waals surface area (Å²) < 4.78 is 0. The summed E-state index contributed by atoms with van der Waals surface area (Å²) in [4.78, 5) is 37.6. The van der Waals surface area contributed by atoms with Crippen molar-refractivity contribution in [2.75, 3.05) is 18.4 Å². The molecule has 0 spiro atoms. The van der Waals surface area contributed by atoms with Crippen LogP contribution < -0.4 is 21.3 Å². The van der Waals surface area contributed by atoms with Crippen molar-refractivity contribution >= 4 is 23.4 Å². The number of hydrogen-bond acceptors (Lipinski definition) is 5. The molecule has 3 amide bonds. The van der Waals surface area contributed by atoms with Gasteiger partial charge in [-0.2, -0.15) is 0 Å². The molecule has 0 bridgehead atoms. The molecule has 0 saturated carbocycles. The summed E-state index contributed by atoms with van der Waals surface area (Å²) in [6.45, 7) is 7.37. The lowest BCUT2D eigenvalue weighted by molar-refractivity contribution is -0.131. The van der Waals surface area contributed by atoms with E-state index in [1.807, 2.05) is 13.8 Å². The van der Waals surface area contributed by atoms with Crippen molar-refractivity contribution in [2.45, 2.75) is 71.6 Å². The number of hydrogen-bond donors (Lipinski definition) is 5. The summed E-state index contributed by atoms with van der Waals surface area (Å²) in [6.07, 6.45) is 4.57. The van der Waals surface area contributed by atoms with Gasteiger partial charge in [-0.1, -0.05) is 26.0 Å². The van der Waals surface area contributed by atoms with Crippen LogP contribution in [0.4, 0.5) is 5.69 Å². The molecule has 2 rings (SSSR count). The van der Waals surface area contributed by atoms with Crippen LogP contribution in [0.3, 0.4) is 0 Å². The van der Waals surface area contributed by atoms with E-state index in [2.05, 4.69) is 21.3 Å². The van der Waals surface area contributed by atoms with Gasteiger partial charge in [0, 0.05) is 12.1 Å². The number of anilines is 1. The molecule has 178 valence electrons. The summed E-state index contributed by atoms with van der Waals surface area (Å²) in [5, 5.41) is 20.7. The van der Waals surface area contributed by atoms with Crippen molar-refractivity contribution in [3.05, 3.63) is 29.8 Å². The summed E-state index contributed by atoms with van der Waals surface area (Å²) >= 11 is 0. The SMILES string of the molecule is CC(C)[C@H](NC(=O)CCCC1CCNCC1)C(=O)N[C@@H](C)C(=O)Nc1ccc(CO)cc1. The Morgan fingerprint density at radius 2 is 1.69 bits per heavy atom. The van der Waals surface area contributed by atoms with E-state index in [0.29, 0.717) is 18.0 Å². The van der Waals surface area contributed by atoms with Crippen molar-refractivity contribution in [3.63, 3.8) is 0 Å². The van der Waals surface area contributed by atoms with Crippen molar-refractivity contribution in [1.29, 1.82) is 0 Å². The van der Waals surface area contributed by atoms with E-state index in [1.165, 1.54) is 0 Å². The minimum Gasteiger partial charge on any atom is -0.392 e. The summed E-state index contributed by atoms with van der Waals surface area (Å²) in [6, 6.07) is 5.36. The fourth-order valence-electron chi connectivity index (χ4n) is 3.81. The standard InChI is InChI=1S/C24H38N4O4/c1-16(2)22(28-21(30)6-4-5-18-11-13-25-14-12-18)24(32)26-17(3)23(31)27-20-9-7-19(15-29)8-10-20/h7-10,16-18,22,25,29H,4-6,11-15H2,1-3H3,(H,26,32)(H,27,31)(H,28,30)/t17-,22-/m0/s1. The molecule has 0 radical (unpaired) electrons. The monoisotopic (exact) mass is 446 g/mol. The number of piperidine rings is 1. The van der Waals surface area contributed by atoms with Crippen molar-refractivity contribution in [2.24, 2.45) is 11.8 Å². The van der Waals surface area contributed by atoms with Crippen LogP contribution >= 0.6 is 0 Å².